The molecule has 0 unspecified atom stereocenters. The van der Waals surface area contributed by atoms with Gasteiger partial charge in [0.2, 0.25) is 0 Å². The first-order chi connectivity index (χ1) is 28.8. The summed E-state index contributed by atoms with van der Waals surface area (Å²) < 4.78 is 9.56. The molecule has 13 rings (SSSR count). The summed E-state index contributed by atoms with van der Waals surface area (Å²) in [5.74, 6) is 1.74. The average Bonchev–Trinajstić information content (AvgIpc) is 4.01. The molecule has 0 bridgehead atoms. The van der Waals surface area contributed by atoms with Crippen molar-refractivity contribution < 1.29 is 0 Å². The van der Waals surface area contributed by atoms with E-state index in [1.807, 2.05) is 0 Å². The minimum atomic E-state index is 0.869. The lowest BCUT2D eigenvalue weighted by Gasteiger charge is -2.14. The second-order valence-corrected chi connectivity index (χ2v) is 15.2. The summed E-state index contributed by atoms with van der Waals surface area (Å²) in [4.78, 5) is 5.63. The van der Waals surface area contributed by atoms with Crippen molar-refractivity contribution in [3.05, 3.63) is 200 Å². The number of nitrogens with zero attached hydrogens (tertiary/aromatic N) is 5. The molecule has 58 heavy (non-hydrogen) atoms. The van der Waals surface area contributed by atoms with Crippen molar-refractivity contribution in [3.8, 4) is 23.0 Å². The maximum atomic E-state index is 5.63. The summed E-state index contributed by atoms with van der Waals surface area (Å²) in [6, 6.07) is 72.2. The number of benzene rings is 8. The zero-order chi connectivity index (χ0) is 37.9. The Bertz CT molecular complexity index is 3790. The molecule has 270 valence electrons. The van der Waals surface area contributed by atoms with E-state index in [9.17, 15) is 0 Å². The van der Waals surface area contributed by atoms with Crippen LogP contribution in [0.2, 0.25) is 0 Å². The molecule has 0 fully saturated rings. The standard InChI is InChI=1S/C53H33N5/c1-3-16-34(17-4-1)55-44-24-11-9-22-38(44)42-33-49-43(32-48(42)55)39-23-10-13-26-46(39)57(49)50-28-15-29-51(54-50)58-47-27-14-8-21-37(47)41-31-30-40-36-20-7-12-25-45(36)56(52(40)53(41)58)35-18-5-2-6-19-35/h1-33H. The van der Waals surface area contributed by atoms with Crippen LogP contribution in [0.4, 0.5) is 0 Å². The summed E-state index contributed by atoms with van der Waals surface area (Å²) in [7, 11) is 0. The molecule has 0 aliphatic carbocycles. The first-order valence-electron chi connectivity index (χ1n) is 19.8. The van der Waals surface area contributed by atoms with E-state index in [1.54, 1.807) is 0 Å². The first-order valence-corrected chi connectivity index (χ1v) is 19.8. The molecule has 5 aromatic heterocycles. The van der Waals surface area contributed by atoms with Gasteiger partial charge in [-0.3, -0.25) is 9.13 Å². The maximum Gasteiger partial charge on any atom is 0.140 e. The second-order valence-electron chi connectivity index (χ2n) is 15.2. The molecule has 0 spiro atoms. The van der Waals surface area contributed by atoms with Crippen molar-refractivity contribution in [2.75, 3.05) is 0 Å². The van der Waals surface area contributed by atoms with Gasteiger partial charge in [0.05, 0.1) is 44.1 Å². The molecule has 0 aliphatic heterocycles. The van der Waals surface area contributed by atoms with Gasteiger partial charge >= 0.3 is 0 Å². The molecule has 5 heteroatoms. The Balaban J connectivity index is 1.13. The molecule has 5 heterocycles. The van der Waals surface area contributed by atoms with E-state index in [2.05, 4.69) is 218 Å². The van der Waals surface area contributed by atoms with Crippen LogP contribution in [-0.4, -0.2) is 23.3 Å². The Morgan fingerprint density at radius 2 is 0.621 bits per heavy atom. The number of para-hydroxylation sites is 6. The SMILES string of the molecule is c1ccc(-n2c3ccccc3c3cc4c(cc32)c2ccccc2n4-c2cccc(-n3c4ccccc4c4ccc5c6ccccc6n(-c6ccccc6)c5c43)n2)cc1. The predicted octanol–water partition coefficient (Wildman–Crippen LogP) is 13.5. The molecule has 0 saturated heterocycles. The molecule has 0 N–H and O–H groups in total. The van der Waals surface area contributed by atoms with Crippen LogP contribution in [0.5, 0.6) is 0 Å². The van der Waals surface area contributed by atoms with Gasteiger partial charge in [-0.05, 0) is 72.8 Å². The van der Waals surface area contributed by atoms with E-state index in [-0.39, 0.29) is 0 Å². The molecule has 0 amide bonds. The second kappa shape index (κ2) is 11.8. The Morgan fingerprint density at radius 3 is 1.17 bits per heavy atom. The van der Waals surface area contributed by atoms with E-state index in [0.29, 0.717) is 0 Å². The van der Waals surface area contributed by atoms with Crippen molar-refractivity contribution in [1.29, 1.82) is 0 Å². The van der Waals surface area contributed by atoms with Crippen LogP contribution in [0.1, 0.15) is 0 Å². The van der Waals surface area contributed by atoms with Crippen LogP contribution >= 0.6 is 0 Å². The lowest BCUT2D eigenvalue weighted by atomic mass is 10.1. The van der Waals surface area contributed by atoms with Crippen LogP contribution in [0.15, 0.2) is 200 Å². The molecule has 5 nitrogen and oxygen atoms in total. The maximum absolute atomic E-state index is 5.63. The van der Waals surface area contributed by atoms with E-state index in [4.69, 9.17) is 4.98 Å². The van der Waals surface area contributed by atoms with Crippen LogP contribution in [-0.2, 0) is 0 Å². The number of hydrogen-bond donors (Lipinski definition) is 0. The fourth-order valence-electron chi connectivity index (χ4n) is 9.78. The molecule has 13 aromatic rings. The highest BCUT2D eigenvalue weighted by Crippen LogP contribution is 2.43. The zero-order valence-electron chi connectivity index (χ0n) is 31.3. The fraction of sp³-hybridized carbons (Fsp3) is 0. The van der Waals surface area contributed by atoms with Crippen molar-refractivity contribution >= 4 is 87.2 Å². The third-order valence-corrected chi connectivity index (χ3v) is 12.1. The van der Waals surface area contributed by atoms with Crippen molar-refractivity contribution in [2.45, 2.75) is 0 Å². The van der Waals surface area contributed by atoms with Crippen LogP contribution in [0.25, 0.3) is 110 Å². The molecule has 0 radical (unpaired) electrons. The average molecular weight is 740 g/mol. The Kier molecular flexibility index (Phi) is 6.38. The number of hydrogen-bond acceptors (Lipinski definition) is 1. The Morgan fingerprint density at radius 1 is 0.241 bits per heavy atom. The van der Waals surface area contributed by atoms with Crippen molar-refractivity contribution in [1.82, 2.24) is 23.3 Å². The summed E-state index contributed by atoms with van der Waals surface area (Å²) in [6.45, 7) is 0. The van der Waals surface area contributed by atoms with E-state index < -0.39 is 0 Å². The monoisotopic (exact) mass is 739 g/mol. The van der Waals surface area contributed by atoms with Crippen molar-refractivity contribution in [2.24, 2.45) is 0 Å². The van der Waals surface area contributed by atoms with Gasteiger partial charge < -0.3 is 9.13 Å². The van der Waals surface area contributed by atoms with Gasteiger partial charge in [-0.1, -0.05) is 127 Å². The van der Waals surface area contributed by atoms with Crippen LogP contribution in [0, 0.1) is 0 Å². The smallest absolute Gasteiger partial charge is 0.140 e. The highest BCUT2D eigenvalue weighted by molar-refractivity contribution is 6.24. The van der Waals surface area contributed by atoms with Gasteiger partial charge in [0.1, 0.15) is 11.6 Å². The van der Waals surface area contributed by atoms with Gasteiger partial charge in [0.15, 0.2) is 0 Å². The summed E-state index contributed by atoms with van der Waals surface area (Å²) in [5, 5.41) is 9.68. The van der Waals surface area contributed by atoms with Gasteiger partial charge in [0.25, 0.3) is 0 Å². The summed E-state index contributed by atoms with van der Waals surface area (Å²) in [6.07, 6.45) is 0. The minimum absolute atomic E-state index is 0.869. The van der Waals surface area contributed by atoms with E-state index >= 15 is 0 Å². The fourth-order valence-corrected chi connectivity index (χ4v) is 9.78. The summed E-state index contributed by atoms with van der Waals surface area (Å²) >= 11 is 0. The molecule has 0 atom stereocenters. The topological polar surface area (TPSA) is 32.6 Å². The lowest BCUT2D eigenvalue weighted by molar-refractivity contribution is 1.01. The summed E-state index contributed by atoms with van der Waals surface area (Å²) in [5.41, 5.74) is 11.5. The number of aromatic nitrogens is 5. The molecule has 0 saturated carbocycles. The molecule has 8 aromatic carbocycles. The van der Waals surface area contributed by atoms with Crippen LogP contribution < -0.4 is 0 Å². The quantitative estimate of drug-likeness (QED) is 0.177. The lowest BCUT2D eigenvalue weighted by Crippen LogP contribution is -2.04. The highest BCUT2D eigenvalue weighted by Gasteiger charge is 2.23. The van der Waals surface area contributed by atoms with Gasteiger partial charge in [0, 0.05) is 54.5 Å². The molecular formula is C53H33N5. The largest absolute Gasteiger partial charge is 0.309 e. The number of fused-ring (bicyclic) bond motifs is 13. The normalized spacial score (nSPS) is 12.1. The number of pyridine rings is 1. The van der Waals surface area contributed by atoms with Crippen molar-refractivity contribution in [3.63, 3.8) is 0 Å². The third-order valence-electron chi connectivity index (χ3n) is 12.1. The Hall–Kier alpha value is -7.89. The first kappa shape index (κ1) is 31.3. The van der Waals surface area contributed by atoms with Gasteiger partial charge in [-0.15, -0.1) is 0 Å². The Labute approximate surface area is 332 Å². The van der Waals surface area contributed by atoms with E-state index in [1.165, 1.54) is 65.2 Å². The zero-order valence-corrected chi connectivity index (χ0v) is 31.3. The number of rotatable bonds is 4. The minimum Gasteiger partial charge on any atom is -0.309 e. The van der Waals surface area contributed by atoms with Gasteiger partial charge in [-0.2, -0.15) is 0 Å². The van der Waals surface area contributed by atoms with Crippen LogP contribution in [0.3, 0.4) is 0 Å². The highest BCUT2D eigenvalue weighted by atomic mass is 15.1. The van der Waals surface area contributed by atoms with E-state index in [0.717, 1.165) is 45.1 Å². The molecular weight excluding hydrogens is 707 g/mol. The third kappa shape index (κ3) is 4.22. The molecule has 0 aliphatic rings. The van der Waals surface area contributed by atoms with Gasteiger partial charge in [-0.25, -0.2) is 4.98 Å². The predicted molar refractivity (Wildman–Crippen MR) is 242 cm³/mol.